The van der Waals surface area contributed by atoms with Crippen molar-refractivity contribution in [1.82, 2.24) is 9.97 Å². The van der Waals surface area contributed by atoms with Gasteiger partial charge in [-0.15, -0.1) is 0 Å². The average molecular weight is 319 g/mol. The third-order valence-corrected chi connectivity index (χ3v) is 3.64. The molecule has 0 unspecified atom stereocenters. The summed E-state index contributed by atoms with van der Waals surface area (Å²) >= 11 is 0. The summed E-state index contributed by atoms with van der Waals surface area (Å²) in [4.78, 5) is 7.60. The quantitative estimate of drug-likeness (QED) is 0.711. The van der Waals surface area contributed by atoms with Crippen molar-refractivity contribution >= 4 is 22.7 Å². The molecule has 1 aromatic heterocycles. The van der Waals surface area contributed by atoms with Crippen LogP contribution < -0.4 is 4.74 Å². The first kappa shape index (κ1) is 15.6. The van der Waals surface area contributed by atoms with Crippen molar-refractivity contribution in [3.05, 3.63) is 53.3 Å². The van der Waals surface area contributed by atoms with Crippen LogP contribution in [0.25, 0.3) is 22.7 Å². The van der Waals surface area contributed by atoms with Crippen LogP contribution in [-0.2, 0) is 0 Å². The molecule has 0 aliphatic heterocycles. The lowest BCUT2D eigenvalue weighted by atomic mass is 10.1. The molecule has 5 nitrogen and oxygen atoms in total. The summed E-state index contributed by atoms with van der Waals surface area (Å²) in [7, 11) is 0. The van der Waals surface area contributed by atoms with Gasteiger partial charge in [-0.05, 0) is 43.7 Å². The SMILES string of the molecule is CCOc1cccc(/C=C(\C#N)c2nc3ccc(C)cc3[nH]2)c1O. The maximum absolute atomic E-state index is 10.3. The molecule has 3 aromatic rings. The van der Waals surface area contributed by atoms with E-state index < -0.39 is 0 Å². The van der Waals surface area contributed by atoms with Gasteiger partial charge in [0.2, 0.25) is 0 Å². The summed E-state index contributed by atoms with van der Waals surface area (Å²) in [6, 6.07) is 13.2. The van der Waals surface area contributed by atoms with Crippen LogP contribution in [0.5, 0.6) is 11.5 Å². The predicted octanol–water partition coefficient (Wildman–Crippen LogP) is 4.04. The van der Waals surface area contributed by atoms with Crippen molar-refractivity contribution in [2.45, 2.75) is 13.8 Å². The Bertz CT molecular complexity index is 964. The van der Waals surface area contributed by atoms with Crippen molar-refractivity contribution in [2.75, 3.05) is 6.61 Å². The number of fused-ring (bicyclic) bond motifs is 1. The van der Waals surface area contributed by atoms with Crippen molar-refractivity contribution in [1.29, 1.82) is 5.26 Å². The van der Waals surface area contributed by atoms with E-state index >= 15 is 0 Å². The van der Waals surface area contributed by atoms with Gasteiger partial charge < -0.3 is 14.8 Å². The first-order valence-corrected chi connectivity index (χ1v) is 7.65. The molecular formula is C19H17N3O2. The number of phenolic OH excluding ortho intramolecular Hbond substituents is 1. The zero-order valence-electron chi connectivity index (χ0n) is 13.5. The summed E-state index contributed by atoms with van der Waals surface area (Å²) in [5.74, 6) is 0.877. The number of imidazole rings is 1. The lowest BCUT2D eigenvalue weighted by molar-refractivity contribution is 0.318. The molecule has 1 heterocycles. The van der Waals surface area contributed by atoms with Gasteiger partial charge in [-0.2, -0.15) is 5.26 Å². The Balaban J connectivity index is 2.06. The third-order valence-electron chi connectivity index (χ3n) is 3.64. The molecule has 24 heavy (non-hydrogen) atoms. The van der Waals surface area contributed by atoms with Gasteiger partial charge in [-0.3, -0.25) is 0 Å². The fourth-order valence-corrected chi connectivity index (χ4v) is 2.49. The summed E-state index contributed by atoms with van der Waals surface area (Å²) in [5.41, 5.74) is 3.63. The minimum absolute atomic E-state index is 0.0130. The number of aromatic nitrogens is 2. The minimum atomic E-state index is 0.0130. The normalized spacial score (nSPS) is 11.5. The Hall–Kier alpha value is -3.26. The number of allylic oxidation sites excluding steroid dienone is 1. The molecule has 120 valence electrons. The molecule has 2 N–H and O–H groups in total. The summed E-state index contributed by atoms with van der Waals surface area (Å²) in [6.07, 6.45) is 1.60. The number of benzene rings is 2. The number of rotatable bonds is 4. The standard InChI is InChI=1S/C19H17N3O2/c1-3-24-17-6-4-5-13(18(17)23)10-14(11-20)19-21-15-8-7-12(2)9-16(15)22-19/h4-10,23H,3H2,1-2H3,(H,21,22)/b14-10+. The van der Waals surface area contributed by atoms with Crippen molar-refractivity contribution in [2.24, 2.45) is 0 Å². The second-order valence-electron chi connectivity index (χ2n) is 5.40. The third kappa shape index (κ3) is 2.95. The highest BCUT2D eigenvalue weighted by atomic mass is 16.5. The molecule has 3 rings (SSSR count). The molecule has 0 aliphatic carbocycles. The molecule has 0 atom stereocenters. The van der Waals surface area contributed by atoms with E-state index in [1.807, 2.05) is 32.0 Å². The van der Waals surface area contributed by atoms with Crippen molar-refractivity contribution in [3.63, 3.8) is 0 Å². The van der Waals surface area contributed by atoms with Crippen LogP contribution in [0, 0.1) is 18.3 Å². The van der Waals surface area contributed by atoms with E-state index in [-0.39, 0.29) is 5.75 Å². The van der Waals surface area contributed by atoms with E-state index in [1.54, 1.807) is 24.3 Å². The molecule has 0 saturated carbocycles. The van der Waals surface area contributed by atoms with Crippen LogP contribution in [0.3, 0.4) is 0 Å². The number of H-pyrrole nitrogens is 1. The number of nitrogens with zero attached hydrogens (tertiary/aromatic N) is 2. The Morgan fingerprint density at radius 3 is 2.96 bits per heavy atom. The number of aromatic amines is 1. The number of nitrogens with one attached hydrogen (secondary N) is 1. The van der Waals surface area contributed by atoms with Gasteiger partial charge in [0.25, 0.3) is 0 Å². The summed E-state index contributed by atoms with van der Waals surface area (Å²) in [6.45, 7) is 4.30. The van der Waals surface area contributed by atoms with Crippen LogP contribution in [0.1, 0.15) is 23.9 Å². The lowest BCUT2D eigenvalue weighted by Crippen LogP contribution is -1.93. The van der Waals surface area contributed by atoms with Crippen LogP contribution in [-0.4, -0.2) is 21.7 Å². The minimum Gasteiger partial charge on any atom is -0.504 e. The predicted molar refractivity (Wildman–Crippen MR) is 93.6 cm³/mol. The number of nitriles is 1. The number of ether oxygens (including phenoxy) is 1. The van der Waals surface area contributed by atoms with E-state index in [2.05, 4.69) is 16.0 Å². The molecule has 2 aromatic carbocycles. The van der Waals surface area contributed by atoms with Crippen molar-refractivity contribution in [3.8, 4) is 17.6 Å². The molecule has 0 aliphatic rings. The lowest BCUT2D eigenvalue weighted by Gasteiger charge is -2.07. The molecular weight excluding hydrogens is 302 g/mol. The highest BCUT2D eigenvalue weighted by Gasteiger charge is 2.11. The fourth-order valence-electron chi connectivity index (χ4n) is 2.49. The zero-order chi connectivity index (χ0) is 17.1. The Kier molecular flexibility index (Phi) is 4.21. The number of aryl methyl sites for hydroxylation is 1. The topological polar surface area (TPSA) is 81.9 Å². The highest BCUT2D eigenvalue weighted by Crippen LogP contribution is 2.32. The number of para-hydroxylation sites is 1. The number of hydrogen-bond donors (Lipinski definition) is 2. The second-order valence-corrected chi connectivity index (χ2v) is 5.40. The van der Waals surface area contributed by atoms with Gasteiger partial charge in [0, 0.05) is 5.56 Å². The molecule has 0 spiro atoms. The Labute approximate surface area is 139 Å². The largest absolute Gasteiger partial charge is 0.504 e. The van der Waals surface area contributed by atoms with Crippen LogP contribution in [0.2, 0.25) is 0 Å². The first-order chi connectivity index (χ1) is 11.6. The van der Waals surface area contributed by atoms with E-state index in [9.17, 15) is 10.4 Å². The van der Waals surface area contributed by atoms with E-state index in [4.69, 9.17) is 4.74 Å². The highest BCUT2D eigenvalue weighted by molar-refractivity contribution is 5.91. The molecule has 0 bridgehead atoms. The van der Waals surface area contributed by atoms with Gasteiger partial charge in [-0.25, -0.2) is 4.98 Å². The molecule has 0 saturated heterocycles. The summed E-state index contributed by atoms with van der Waals surface area (Å²) in [5, 5.41) is 19.8. The first-order valence-electron chi connectivity index (χ1n) is 7.65. The second kappa shape index (κ2) is 6.47. The van der Waals surface area contributed by atoms with Gasteiger partial charge in [0.1, 0.15) is 11.9 Å². The van der Waals surface area contributed by atoms with Gasteiger partial charge in [-0.1, -0.05) is 18.2 Å². The van der Waals surface area contributed by atoms with Gasteiger partial charge >= 0.3 is 0 Å². The number of hydrogen-bond acceptors (Lipinski definition) is 4. The molecule has 0 fully saturated rings. The zero-order valence-corrected chi connectivity index (χ0v) is 13.5. The maximum Gasteiger partial charge on any atom is 0.165 e. The monoisotopic (exact) mass is 319 g/mol. The van der Waals surface area contributed by atoms with Crippen LogP contribution in [0.15, 0.2) is 36.4 Å². The van der Waals surface area contributed by atoms with E-state index in [1.165, 1.54) is 0 Å². The summed E-state index contributed by atoms with van der Waals surface area (Å²) < 4.78 is 5.37. The molecule has 0 radical (unpaired) electrons. The van der Waals surface area contributed by atoms with E-state index in [0.29, 0.717) is 29.3 Å². The Morgan fingerprint density at radius 1 is 1.38 bits per heavy atom. The van der Waals surface area contributed by atoms with Gasteiger partial charge in [0.05, 0.1) is 23.2 Å². The van der Waals surface area contributed by atoms with Gasteiger partial charge in [0.15, 0.2) is 11.5 Å². The number of phenols is 1. The van der Waals surface area contributed by atoms with E-state index in [0.717, 1.165) is 16.6 Å². The smallest absolute Gasteiger partial charge is 0.165 e. The van der Waals surface area contributed by atoms with Crippen LogP contribution >= 0.6 is 0 Å². The fraction of sp³-hybridized carbons (Fsp3) is 0.158. The molecule has 5 heteroatoms. The average Bonchev–Trinajstić information content (AvgIpc) is 2.98. The molecule has 0 amide bonds. The number of aromatic hydroxyl groups is 1. The van der Waals surface area contributed by atoms with Crippen molar-refractivity contribution < 1.29 is 9.84 Å². The van der Waals surface area contributed by atoms with Crippen LogP contribution in [0.4, 0.5) is 0 Å². The maximum atomic E-state index is 10.3. The Morgan fingerprint density at radius 2 is 2.21 bits per heavy atom.